The van der Waals surface area contributed by atoms with Crippen molar-refractivity contribution in [1.82, 2.24) is 4.90 Å². The van der Waals surface area contributed by atoms with E-state index in [0.717, 1.165) is 11.3 Å². The molecule has 2 aromatic rings. The summed E-state index contributed by atoms with van der Waals surface area (Å²) in [5.74, 6) is 0.763. The third-order valence-corrected chi connectivity index (χ3v) is 4.27. The molecule has 5 nitrogen and oxygen atoms in total. The first-order valence-electron chi connectivity index (χ1n) is 8.74. The second-order valence-corrected chi connectivity index (χ2v) is 6.29. The molecule has 0 radical (unpaired) electrons. The zero-order valence-electron chi connectivity index (χ0n) is 15.8. The van der Waals surface area contributed by atoms with Crippen LogP contribution >= 0.6 is 0 Å². The highest BCUT2D eigenvalue weighted by atomic mass is 16.5. The molecule has 0 bridgehead atoms. The van der Waals surface area contributed by atoms with Gasteiger partial charge in [0.05, 0.1) is 12.6 Å². The van der Waals surface area contributed by atoms with Gasteiger partial charge in [-0.3, -0.25) is 14.5 Å². The molecule has 1 N–H and O–H groups in total. The summed E-state index contributed by atoms with van der Waals surface area (Å²) < 4.78 is 5.44. The molecule has 0 aliphatic carbocycles. The van der Waals surface area contributed by atoms with Gasteiger partial charge in [0.2, 0.25) is 5.91 Å². The summed E-state index contributed by atoms with van der Waals surface area (Å²) in [5.41, 5.74) is 2.42. The molecule has 0 spiro atoms. The van der Waals surface area contributed by atoms with E-state index in [-0.39, 0.29) is 17.7 Å². The number of rotatable bonds is 8. The second-order valence-electron chi connectivity index (χ2n) is 6.29. The lowest BCUT2D eigenvalue weighted by Gasteiger charge is -2.24. The van der Waals surface area contributed by atoms with Crippen molar-refractivity contribution in [2.45, 2.75) is 33.4 Å². The molecule has 0 saturated heterocycles. The SMILES string of the molecule is CCOc1ccc(CN(C)[C@@H](C)C(=O)Nc2ccc(C(C)=O)cc2)cc1. The Hall–Kier alpha value is -2.66. The number of likely N-dealkylation sites (N-methyl/N-ethyl adjacent to an activating group) is 1. The molecule has 0 unspecified atom stereocenters. The van der Waals surface area contributed by atoms with Gasteiger partial charge in [-0.2, -0.15) is 0 Å². The lowest BCUT2D eigenvalue weighted by atomic mass is 10.1. The van der Waals surface area contributed by atoms with Crippen molar-refractivity contribution >= 4 is 17.4 Å². The van der Waals surface area contributed by atoms with Gasteiger partial charge >= 0.3 is 0 Å². The monoisotopic (exact) mass is 354 g/mol. The van der Waals surface area contributed by atoms with Crippen LogP contribution < -0.4 is 10.1 Å². The van der Waals surface area contributed by atoms with Gasteiger partial charge in [0.15, 0.2) is 5.78 Å². The van der Waals surface area contributed by atoms with Crippen molar-refractivity contribution < 1.29 is 14.3 Å². The van der Waals surface area contributed by atoms with E-state index < -0.39 is 0 Å². The molecule has 1 amide bonds. The minimum absolute atomic E-state index is 0.00586. The Morgan fingerprint density at radius 1 is 1.08 bits per heavy atom. The Balaban J connectivity index is 1.92. The molecule has 0 aliphatic rings. The second kappa shape index (κ2) is 9.15. The molecular weight excluding hydrogens is 328 g/mol. The molecule has 0 heterocycles. The third-order valence-electron chi connectivity index (χ3n) is 4.27. The zero-order valence-corrected chi connectivity index (χ0v) is 15.8. The summed E-state index contributed by atoms with van der Waals surface area (Å²) in [6.07, 6.45) is 0. The van der Waals surface area contributed by atoms with Crippen LogP contribution in [0, 0.1) is 0 Å². The number of Topliss-reactive ketones (excluding diaryl/α,β-unsaturated/α-hetero) is 1. The van der Waals surface area contributed by atoms with Crippen molar-refractivity contribution in [3.63, 3.8) is 0 Å². The molecule has 26 heavy (non-hydrogen) atoms. The van der Waals surface area contributed by atoms with E-state index in [1.807, 2.05) is 50.1 Å². The molecule has 0 aliphatic heterocycles. The number of nitrogens with one attached hydrogen (secondary N) is 1. The number of hydrogen-bond donors (Lipinski definition) is 1. The largest absolute Gasteiger partial charge is 0.494 e. The first kappa shape index (κ1) is 19.7. The van der Waals surface area contributed by atoms with Crippen LogP contribution in [0.25, 0.3) is 0 Å². The number of ketones is 1. The third kappa shape index (κ3) is 5.43. The van der Waals surface area contributed by atoms with Gasteiger partial charge in [0, 0.05) is 17.8 Å². The van der Waals surface area contributed by atoms with E-state index in [4.69, 9.17) is 4.74 Å². The summed E-state index contributed by atoms with van der Waals surface area (Å²) in [5, 5.41) is 2.89. The Bertz CT molecular complexity index is 739. The molecule has 138 valence electrons. The average molecular weight is 354 g/mol. The van der Waals surface area contributed by atoms with Gasteiger partial charge in [-0.05, 0) is 69.8 Å². The van der Waals surface area contributed by atoms with Gasteiger partial charge in [-0.1, -0.05) is 12.1 Å². The molecule has 1 atom stereocenters. The van der Waals surface area contributed by atoms with Crippen LogP contribution in [0.5, 0.6) is 5.75 Å². The Morgan fingerprint density at radius 3 is 2.23 bits per heavy atom. The summed E-state index contributed by atoms with van der Waals surface area (Å²) in [6.45, 7) is 6.64. The molecule has 0 fully saturated rings. The van der Waals surface area contributed by atoms with Gasteiger partial charge in [0.25, 0.3) is 0 Å². The van der Waals surface area contributed by atoms with Gasteiger partial charge in [-0.25, -0.2) is 0 Å². The zero-order chi connectivity index (χ0) is 19.1. The fraction of sp³-hybridized carbons (Fsp3) is 0.333. The minimum atomic E-state index is -0.297. The number of nitrogens with zero attached hydrogens (tertiary/aromatic N) is 1. The molecular formula is C21H26N2O3. The highest BCUT2D eigenvalue weighted by Gasteiger charge is 2.18. The van der Waals surface area contributed by atoms with Gasteiger partial charge < -0.3 is 10.1 Å². The van der Waals surface area contributed by atoms with E-state index in [1.165, 1.54) is 6.92 Å². The number of anilines is 1. The molecule has 0 aromatic heterocycles. The smallest absolute Gasteiger partial charge is 0.241 e. The predicted octanol–water partition coefficient (Wildman–Crippen LogP) is 3.75. The number of ether oxygens (including phenoxy) is 1. The van der Waals surface area contributed by atoms with E-state index in [9.17, 15) is 9.59 Å². The highest BCUT2D eigenvalue weighted by molar-refractivity contribution is 5.96. The summed E-state index contributed by atoms with van der Waals surface area (Å²) in [4.78, 5) is 25.7. The number of carbonyl (C=O) groups excluding carboxylic acids is 2. The first-order valence-corrected chi connectivity index (χ1v) is 8.74. The lowest BCUT2D eigenvalue weighted by molar-refractivity contribution is -0.120. The van der Waals surface area contributed by atoms with E-state index >= 15 is 0 Å². The van der Waals surface area contributed by atoms with Crippen molar-refractivity contribution in [3.8, 4) is 5.75 Å². The highest BCUT2D eigenvalue weighted by Crippen LogP contribution is 2.15. The van der Waals surface area contributed by atoms with Crippen molar-refractivity contribution in [3.05, 3.63) is 59.7 Å². The Labute approximate surface area is 155 Å². The van der Waals surface area contributed by atoms with Crippen LogP contribution in [0.4, 0.5) is 5.69 Å². The molecule has 2 rings (SSSR count). The first-order chi connectivity index (χ1) is 12.4. The van der Waals surface area contributed by atoms with Crippen molar-refractivity contribution in [2.75, 3.05) is 19.0 Å². The van der Waals surface area contributed by atoms with Crippen LogP contribution in [0.15, 0.2) is 48.5 Å². The molecule has 2 aromatic carbocycles. The van der Waals surface area contributed by atoms with Crippen LogP contribution in [-0.2, 0) is 11.3 Å². The predicted molar refractivity (Wildman–Crippen MR) is 104 cm³/mol. The van der Waals surface area contributed by atoms with E-state index in [0.29, 0.717) is 24.4 Å². The van der Waals surface area contributed by atoms with Crippen molar-refractivity contribution in [2.24, 2.45) is 0 Å². The van der Waals surface area contributed by atoms with Crippen LogP contribution in [0.1, 0.15) is 36.7 Å². The number of amides is 1. The maximum absolute atomic E-state index is 12.5. The normalized spacial score (nSPS) is 11.9. The van der Waals surface area contributed by atoms with Gasteiger partial charge in [0.1, 0.15) is 5.75 Å². The number of benzene rings is 2. The molecule has 5 heteroatoms. The van der Waals surface area contributed by atoms with Crippen LogP contribution in [0.3, 0.4) is 0 Å². The van der Waals surface area contributed by atoms with Gasteiger partial charge in [-0.15, -0.1) is 0 Å². The lowest BCUT2D eigenvalue weighted by Crippen LogP contribution is -2.39. The summed E-state index contributed by atoms with van der Waals surface area (Å²) >= 11 is 0. The Kier molecular flexibility index (Phi) is 6.92. The van der Waals surface area contributed by atoms with E-state index in [2.05, 4.69) is 5.32 Å². The topological polar surface area (TPSA) is 58.6 Å². The summed E-state index contributed by atoms with van der Waals surface area (Å²) in [6, 6.07) is 14.5. The minimum Gasteiger partial charge on any atom is -0.494 e. The maximum Gasteiger partial charge on any atom is 0.241 e. The van der Waals surface area contributed by atoms with Crippen molar-refractivity contribution in [1.29, 1.82) is 0 Å². The average Bonchev–Trinajstić information content (AvgIpc) is 2.63. The van der Waals surface area contributed by atoms with E-state index in [1.54, 1.807) is 24.3 Å². The quantitative estimate of drug-likeness (QED) is 0.734. The fourth-order valence-corrected chi connectivity index (χ4v) is 2.52. The molecule has 0 saturated carbocycles. The standard InChI is InChI=1S/C21H26N2O3/c1-5-26-20-12-6-17(7-13-20)14-23(4)15(2)21(25)22-19-10-8-18(9-11-19)16(3)24/h6-13,15H,5,14H2,1-4H3,(H,22,25)/t15-/m0/s1. The maximum atomic E-state index is 12.5. The number of carbonyl (C=O) groups is 2. The van der Waals surface area contributed by atoms with Crippen LogP contribution in [0.2, 0.25) is 0 Å². The fourth-order valence-electron chi connectivity index (χ4n) is 2.52. The summed E-state index contributed by atoms with van der Waals surface area (Å²) in [7, 11) is 1.92. The number of hydrogen-bond acceptors (Lipinski definition) is 4. The van der Waals surface area contributed by atoms with Crippen LogP contribution in [-0.4, -0.2) is 36.3 Å². The Morgan fingerprint density at radius 2 is 1.69 bits per heavy atom.